The first-order valence-electron chi connectivity index (χ1n) is 9.48. The van der Waals surface area contributed by atoms with Crippen LogP contribution in [0.5, 0.6) is 5.75 Å². The number of methoxy groups -OCH3 is 1. The second-order valence-corrected chi connectivity index (χ2v) is 6.84. The molecule has 1 heterocycles. The number of nitrogens with zero attached hydrogens (tertiary/aromatic N) is 2. The predicted molar refractivity (Wildman–Crippen MR) is 111 cm³/mol. The lowest BCUT2D eigenvalue weighted by Crippen LogP contribution is -2.48. The molecular formula is C22H26N2O6. The van der Waals surface area contributed by atoms with E-state index in [1.54, 1.807) is 7.11 Å². The van der Waals surface area contributed by atoms with E-state index in [0.29, 0.717) is 5.56 Å². The van der Waals surface area contributed by atoms with Gasteiger partial charge in [-0.15, -0.1) is 0 Å². The van der Waals surface area contributed by atoms with E-state index in [1.807, 2.05) is 29.2 Å². The van der Waals surface area contributed by atoms with Gasteiger partial charge in [0.2, 0.25) is 0 Å². The van der Waals surface area contributed by atoms with Crippen LogP contribution in [0.4, 0.5) is 0 Å². The number of hydrogen-bond acceptors (Lipinski definition) is 5. The number of carboxylic acids is 2. The summed E-state index contributed by atoms with van der Waals surface area (Å²) >= 11 is 0. The molecule has 0 unspecified atom stereocenters. The average Bonchev–Trinajstić information content (AvgIpc) is 2.76. The topological polar surface area (TPSA) is 107 Å². The minimum absolute atomic E-state index is 0.0874. The summed E-state index contributed by atoms with van der Waals surface area (Å²) in [7, 11) is 1.62. The lowest BCUT2D eigenvalue weighted by atomic mass is 10.1. The predicted octanol–water partition coefficient (Wildman–Crippen LogP) is 2.12. The van der Waals surface area contributed by atoms with E-state index in [0.717, 1.165) is 38.5 Å². The van der Waals surface area contributed by atoms with Crippen LogP contribution in [-0.4, -0.2) is 71.1 Å². The summed E-state index contributed by atoms with van der Waals surface area (Å²) in [6.07, 6.45) is 0. The molecule has 0 aliphatic carbocycles. The molecule has 0 aromatic heterocycles. The number of amides is 1. The number of carbonyl (C=O) groups is 3. The Kier molecular flexibility index (Phi) is 8.37. The maximum Gasteiger partial charge on any atom is 0.414 e. The summed E-state index contributed by atoms with van der Waals surface area (Å²) in [6.45, 7) is 6.45. The first kappa shape index (κ1) is 22.9. The highest BCUT2D eigenvalue weighted by Crippen LogP contribution is 2.17. The van der Waals surface area contributed by atoms with Crippen molar-refractivity contribution in [1.82, 2.24) is 9.80 Å². The standard InChI is InChI=1S/C20H24N2O2.C2H2O4/c1-16-6-3-4-7-18(16)15-21-10-12-22(13-11-21)20(23)17-8-5-9-19(14-17)24-2;3-1(4)2(5)6/h3-9,14H,10-13,15H2,1-2H3;(H,3,4)(H,5,6). The number of ether oxygens (including phenoxy) is 1. The fraction of sp³-hybridized carbons (Fsp3) is 0.318. The highest BCUT2D eigenvalue weighted by Gasteiger charge is 2.22. The van der Waals surface area contributed by atoms with Gasteiger partial charge >= 0.3 is 11.9 Å². The molecule has 1 saturated heterocycles. The lowest BCUT2D eigenvalue weighted by molar-refractivity contribution is -0.159. The average molecular weight is 414 g/mol. The van der Waals surface area contributed by atoms with E-state index in [4.69, 9.17) is 24.5 Å². The molecule has 3 rings (SSSR count). The van der Waals surface area contributed by atoms with Crippen LogP contribution >= 0.6 is 0 Å². The SMILES string of the molecule is COc1cccc(C(=O)N2CCN(Cc3ccccc3C)CC2)c1.O=C(O)C(=O)O. The zero-order chi connectivity index (χ0) is 22.1. The Labute approximate surface area is 175 Å². The summed E-state index contributed by atoms with van der Waals surface area (Å²) in [5.74, 6) is -2.84. The van der Waals surface area contributed by atoms with Gasteiger partial charge in [-0.05, 0) is 36.2 Å². The summed E-state index contributed by atoms with van der Waals surface area (Å²) in [6, 6.07) is 15.9. The zero-order valence-electron chi connectivity index (χ0n) is 17.1. The molecule has 8 heteroatoms. The van der Waals surface area contributed by atoms with Gasteiger partial charge in [0.1, 0.15) is 5.75 Å². The molecule has 2 aromatic carbocycles. The number of aliphatic carboxylic acids is 2. The normalized spacial score (nSPS) is 13.7. The second kappa shape index (κ2) is 11.0. The molecule has 2 aromatic rings. The maximum atomic E-state index is 12.6. The minimum Gasteiger partial charge on any atom is -0.497 e. The van der Waals surface area contributed by atoms with Crippen molar-refractivity contribution >= 4 is 17.8 Å². The monoisotopic (exact) mass is 414 g/mol. The van der Waals surface area contributed by atoms with Crippen LogP contribution in [0.15, 0.2) is 48.5 Å². The van der Waals surface area contributed by atoms with Crippen LogP contribution in [0, 0.1) is 6.92 Å². The minimum atomic E-state index is -1.82. The number of aryl methyl sites for hydroxylation is 1. The highest BCUT2D eigenvalue weighted by molar-refractivity contribution is 6.27. The summed E-state index contributed by atoms with van der Waals surface area (Å²) < 4.78 is 5.21. The molecule has 1 aliphatic heterocycles. The Hall–Kier alpha value is -3.39. The lowest BCUT2D eigenvalue weighted by Gasteiger charge is -2.35. The highest BCUT2D eigenvalue weighted by atomic mass is 16.5. The Balaban J connectivity index is 0.000000469. The van der Waals surface area contributed by atoms with E-state index in [2.05, 4.69) is 36.1 Å². The third-order valence-electron chi connectivity index (χ3n) is 4.81. The summed E-state index contributed by atoms with van der Waals surface area (Å²) in [4.78, 5) is 35.2. The van der Waals surface area contributed by atoms with Crippen molar-refractivity contribution in [3.63, 3.8) is 0 Å². The molecule has 0 atom stereocenters. The smallest absolute Gasteiger partial charge is 0.414 e. The molecular weight excluding hydrogens is 388 g/mol. The third kappa shape index (κ3) is 6.59. The van der Waals surface area contributed by atoms with Crippen molar-refractivity contribution in [2.75, 3.05) is 33.3 Å². The van der Waals surface area contributed by atoms with E-state index in [1.165, 1.54) is 11.1 Å². The maximum absolute atomic E-state index is 12.6. The van der Waals surface area contributed by atoms with Crippen LogP contribution in [-0.2, 0) is 16.1 Å². The third-order valence-corrected chi connectivity index (χ3v) is 4.81. The Morgan fingerprint density at radius 2 is 1.57 bits per heavy atom. The zero-order valence-corrected chi connectivity index (χ0v) is 17.1. The number of hydrogen-bond donors (Lipinski definition) is 2. The Bertz CT molecular complexity index is 879. The number of piperazine rings is 1. The molecule has 0 saturated carbocycles. The molecule has 1 fully saturated rings. The van der Waals surface area contributed by atoms with Gasteiger partial charge in [-0.3, -0.25) is 9.69 Å². The van der Waals surface area contributed by atoms with Gasteiger partial charge in [0.05, 0.1) is 7.11 Å². The van der Waals surface area contributed by atoms with Crippen molar-refractivity contribution in [3.05, 3.63) is 65.2 Å². The number of rotatable bonds is 4. The van der Waals surface area contributed by atoms with Gasteiger partial charge in [0, 0.05) is 38.3 Å². The Morgan fingerprint density at radius 1 is 0.933 bits per heavy atom. The molecule has 8 nitrogen and oxygen atoms in total. The van der Waals surface area contributed by atoms with Crippen molar-refractivity contribution in [2.24, 2.45) is 0 Å². The molecule has 1 aliphatic rings. The Morgan fingerprint density at radius 3 is 2.13 bits per heavy atom. The molecule has 0 radical (unpaired) electrons. The second-order valence-electron chi connectivity index (χ2n) is 6.84. The van der Waals surface area contributed by atoms with Crippen molar-refractivity contribution in [1.29, 1.82) is 0 Å². The molecule has 0 bridgehead atoms. The van der Waals surface area contributed by atoms with E-state index < -0.39 is 11.9 Å². The van der Waals surface area contributed by atoms with Gasteiger partial charge in [0.25, 0.3) is 5.91 Å². The number of benzene rings is 2. The molecule has 2 N–H and O–H groups in total. The molecule has 30 heavy (non-hydrogen) atoms. The van der Waals surface area contributed by atoms with Crippen LogP contribution < -0.4 is 4.74 Å². The fourth-order valence-corrected chi connectivity index (χ4v) is 3.08. The van der Waals surface area contributed by atoms with Crippen LogP contribution in [0.3, 0.4) is 0 Å². The van der Waals surface area contributed by atoms with E-state index >= 15 is 0 Å². The molecule has 160 valence electrons. The van der Waals surface area contributed by atoms with Crippen LogP contribution in [0.2, 0.25) is 0 Å². The first-order valence-corrected chi connectivity index (χ1v) is 9.48. The largest absolute Gasteiger partial charge is 0.497 e. The van der Waals surface area contributed by atoms with Crippen molar-refractivity contribution in [2.45, 2.75) is 13.5 Å². The molecule has 1 amide bonds. The van der Waals surface area contributed by atoms with Gasteiger partial charge in [-0.25, -0.2) is 9.59 Å². The number of carbonyl (C=O) groups excluding carboxylic acids is 1. The van der Waals surface area contributed by atoms with Crippen molar-refractivity contribution in [3.8, 4) is 5.75 Å². The van der Waals surface area contributed by atoms with E-state index in [9.17, 15) is 4.79 Å². The van der Waals surface area contributed by atoms with Gasteiger partial charge < -0.3 is 19.8 Å². The number of carboxylic acid groups (broad SMARTS) is 2. The fourth-order valence-electron chi connectivity index (χ4n) is 3.08. The van der Waals surface area contributed by atoms with Gasteiger partial charge in [0.15, 0.2) is 0 Å². The van der Waals surface area contributed by atoms with Crippen LogP contribution in [0.25, 0.3) is 0 Å². The van der Waals surface area contributed by atoms with E-state index in [-0.39, 0.29) is 5.91 Å². The summed E-state index contributed by atoms with van der Waals surface area (Å²) in [5, 5.41) is 14.8. The van der Waals surface area contributed by atoms with Gasteiger partial charge in [-0.2, -0.15) is 0 Å². The van der Waals surface area contributed by atoms with Gasteiger partial charge in [-0.1, -0.05) is 30.3 Å². The molecule has 0 spiro atoms. The quantitative estimate of drug-likeness (QED) is 0.738. The van der Waals surface area contributed by atoms with Crippen molar-refractivity contribution < 1.29 is 29.3 Å². The first-order chi connectivity index (χ1) is 14.3. The van der Waals surface area contributed by atoms with Crippen LogP contribution in [0.1, 0.15) is 21.5 Å². The summed E-state index contributed by atoms with van der Waals surface area (Å²) in [5.41, 5.74) is 3.39.